The van der Waals surface area contributed by atoms with Gasteiger partial charge in [-0.2, -0.15) is 0 Å². The molecule has 0 aromatic heterocycles. The van der Waals surface area contributed by atoms with Gasteiger partial charge in [-0.05, 0) is 38.6 Å². The van der Waals surface area contributed by atoms with Crippen molar-refractivity contribution < 1.29 is 18.9 Å². The van der Waals surface area contributed by atoms with Crippen LogP contribution in [0.4, 0.5) is 0 Å². The lowest BCUT2D eigenvalue weighted by Crippen LogP contribution is -2.23. The molecule has 0 amide bonds. The van der Waals surface area contributed by atoms with E-state index in [0.29, 0.717) is 5.66 Å². The van der Waals surface area contributed by atoms with Gasteiger partial charge in [0.25, 0.3) is 0 Å². The fraction of sp³-hybridized carbons (Fsp3) is 0.429. The quantitative estimate of drug-likeness (QED) is 0.488. The maximum absolute atomic E-state index is 5.95. The Morgan fingerprint density at radius 2 is 1.19 bits per heavy atom. The maximum atomic E-state index is 5.95. The van der Waals surface area contributed by atoms with Gasteiger partial charge in [0.05, 0.1) is 0 Å². The summed E-state index contributed by atoms with van der Waals surface area (Å²) in [4.78, 5) is 0. The van der Waals surface area contributed by atoms with Crippen LogP contribution in [0.5, 0.6) is 11.5 Å². The van der Waals surface area contributed by atoms with Crippen LogP contribution >= 0.6 is 7.92 Å². The molecular weight excluding hydrogens is 347 g/mol. The van der Waals surface area contributed by atoms with E-state index in [4.69, 9.17) is 18.9 Å². The molecule has 142 valence electrons. The standard InChI is InChI=1S/C21H29O4P/c1-15(2)26(18-11-7-9-16(3)20(18)24-13-22-5)19-12-8-10-17(4)21(19)25-14-23-6/h7-12,15H,13-14H2,1-6H3. The van der Waals surface area contributed by atoms with Crippen LogP contribution in [0.1, 0.15) is 25.0 Å². The summed E-state index contributed by atoms with van der Waals surface area (Å²) in [5, 5.41) is 2.42. The summed E-state index contributed by atoms with van der Waals surface area (Å²) >= 11 is 0. The van der Waals surface area contributed by atoms with E-state index in [2.05, 4.69) is 64.1 Å². The van der Waals surface area contributed by atoms with Crippen molar-refractivity contribution in [2.75, 3.05) is 27.8 Å². The van der Waals surface area contributed by atoms with E-state index in [9.17, 15) is 0 Å². The summed E-state index contributed by atoms with van der Waals surface area (Å²) in [5.74, 6) is 1.82. The third-order valence-corrected chi connectivity index (χ3v) is 6.84. The predicted octanol–water partition coefficient (Wildman–Crippen LogP) is 4.11. The lowest BCUT2D eigenvalue weighted by molar-refractivity contribution is 0.0513. The number of ether oxygens (including phenoxy) is 4. The van der Waals surface area contributed by atoms with E-state index in [1.165, 1.54) is 10.6 Å². The molecule has 5 heteroatoms. The molecule has 0 N–H and O–H groups in total. The van der Waals surface area contributed by atoms with Crippen molar-refractivity contribution in [2.24, 2.45) is 0 Å². The first-order valence-corrected chi connectivity index (χ1v) is 10.1. The number of methoxy groups -OCH3 is 2. The summed E-state index contributed by atoms with van der Waals surface area (Å²) in [6.45, 7) is 9.11. The average molecular weight is 376 g/mol. The Balaban J connectivity index is 2.58. The molecule has 0 spiro atoms. The van der Waals surface area contributed by atoms with Crippen molar-refractivity contribution in [2.45, 2.75) is 33.4 Å². The lowest BCUT2D eigenvalue weighted by Gasteiger charge is -2.28. The average Bonchev–Trinajstić information content (AvgIpc) is 2.60. The van der Waals surface area contributed by atoms with Crippen LogP contribution in [0, 0.1) is 13.8 Å². The molecule has 2 rings (SSSR count). The first kappa shape index (κ1) is 20.7. The van der Waals surface area contributed by atoms with Crippen molar-refractivity contribution in [1.82, 2.24) is 0 Å². The van der Waals surface area contributed by atoms with Crippen LogP contribution in [-0.2, 0) is 9.47 Å². The van der Waals surface area contributed by atoms with Gasteiger partial charge in [-0.3, -0.25) is 0 Å². The van der Waals surface area contributed by atoms with E-state index in [1.807, 2.05) is 0 Å². The van der Waals surface area contributed by atoms with Crippen LogP contribution in [-0.4, -0.2) is 33.5 Å². The zero-order valence-corrected chi connectivity index (χ0v) is 17.4. The van der Waals surface area contributed by atoms with Crippen LogP contribution in [0.3, 0.4) is 0 Å². The molecule has 0 aliphatic rings. The molecule has 0 heterocycles. The van der Waals surface area contributed by atoms with Gasteiger partial charge in [0.15, 0.2) is 13.6 Å². The predicted molar refractivity (Wildman–Crippen MR) is 109 cm³/mol. The van der Waals surface area contributed by atoms with Gasteiger partial charge >= 0.3 is 0 Å². The number of rotatable bonds is 9. The van der Waals surface area contributed by atoms with Crippen molar-refractivity contribution in [3.8, 4) is 11.5 Å². The SMILES string of the molecule is COCOc1c(C)cccc1P(c1cccc(C)c1OCOC)C(C)C. The van der Waals surface area contributed by atoms with Crippen molar-refractivity contribution in [3.63, 3.8) is 0 Å². The topological polar surface area (TPSA) is 36.9 Å². The second kappa shape index (κ2) is 9.91. The molecule has 0 bridgehead atoms. The highest BCUT2D eigenvalue weighted by molar-refractivity contribution is 7.74. The minimum Gasteiger partial charge on any atom is -0.467 e. The number of para-hydroxylation sites is 2. The van der Waals surface area contributed by atoms with E-state index in [0.717, 1.165) is 22.6 Å². The van der Waals surface area contributed by atoms with Gasteiger partial charge < -0.3 is 18.9 Å². The highest BCUT2D eigenvalue weighted by Crippen LogP contribution is 2.45. The lowest BCUT2D eigenvalue weighted by atomic mass is 10.2. The molecular formula is C21H29O4P. The smallest absolute Gasteiger partial charge is 0.188 e. The van der Waals surface area contributed by atoms with Crippen LogP contribution in [0.2, 0.25) is 0 Å². The van der Waals surface area contributed by atoms with E-state index in [1.54, 1.807) is 14.2 Å². The second-order valence-corrected chi connectivity index (χ2v) is 9.15. The Bertz CT molecular complexity index is 658. The van der Waals surface area contributed by atoms with Gasteiger partial charge in [0.2, 0.25) is 0 Å². The normalized spacial score (nSPS) is 11.2. The zero-order chi connectivity index (χ0) is 19.1. The molecule has 2 aromatic carbocycles. The number of hydrogen-bond donors (Lipinski definition) is 0. The highest BCUT2D eigenvalue weighted by Gasteiger charge is 2.26. The first-order valence-electron chi connectivity index (χ1n) is 8.73. The summed E-state index contributed by atoms with van der Waals surface area (Å²) < 4.78 is 22.2. The molecule has 0 aliphatic carbocycles. The number of aryl methyl sites for hydroxylation is 2. The molecule has 0 saturated carbocycles. The van der Waals surface area contributed by atoms with Gasteiger partial charge in [-0.15, -0.1) is 0 Å². The first-order chi connectivity index (χ1) is 12.5. The van der Waals surface area contributed by atoms with Gasteiger partial charge in [-0.25, -0.2) is 0 Å². The molecule has 4 nitrogen and oxygen atoms in total. The van der Waals surface area contributed by atoms with Gasteiger partial charge in [0, 0.05) is 24.8 Å². The molecule has 0 aliphatic heterocycles. The van der Waals surface area contributed by atoms with Crippen LogP contribution in [0.15, 0.2) is 36.4 Å². The molecule has 0 radical (unpaired) electrons. The van der Waals surface area contributed by atoms with Crippen molar-refractivity contribution in [3.05, 3.63) is 47.5 Å². The zero-order valence-electron chi connectivity index (χ0n) is 16.5. The van der Waals surface area contributed by atoms with Gasteiger partial charge in [-0.1, -0.05) is 50.2 Å². The number of hydrogen-bond acceptors (Lipinski definition) is 4. The molecule has 0 saturated heterocycles. The largest absolute Gasteiger partial charge is 0.467 e. The molecule has 0 unspecified atom stereocenters. The van der Waals surface area contributed by atoms with E-state index in [-0.39, 0.29) is 13.6 Å². The second-order valence-electron chi connectivity index (χ2n) is 6.41. The van der Waals surface area contributed by atoms with Crippen molar-refractivity contribution >= 4 is 18.5 Å². The Kier molecular flexibility index (Phi) is 7.89. The Morgan fingerprint density at radius 1 is 0.769 bits per heavy atom. The van der Waals surface area contributed by atoms with E-state index < -0.39 is 7.92 Å². The van der Waals surface area contributed by atoms with E-state index >= 15 is 0 Å². The fourth-order valence-electron chi connectivity index (χ4n) is 2.95. The molecule has 26 heavy (non-hydrogen) atoms. The molecule has 0 atom stereocenters. The summed E-state index contributed by atoms with van der Waals surface area (Å²) in [7, 11) is 2.60. The Hall–Kier alpha value is -1.61. The fourth-order valence-corrected chi connectivity index (χ4v) is 5.74. The van der Waals surface area contributed by atoms with Crippen LogP contribution in [0.25, 0.3) is 0 Å². The number of benzene rings is 2. The summed E-state index contributed by atoms with van der Waals surface area (Å²) in [5.41, 5.74) is 2.64. The van der Waals surface area contributed by atoms with Crippen LogP contribution < -0.4 is 20.1 Å². The summed E-state index contributed by atoms with van der Waals surface area (Å²) in [6.07, 6.45) is 0. The Labute approximate surface area is 158 Å². The minimum absolute atomic E-state index is 0.236. The Morgan fingerprint density at radius 3 is 1.54 bits per heavy atom. The van der Waals surface area contributed by atoms with Gasteiger partial charge in [0.1, 0.15) is 11.5 Å². The third kappa shape index (κ3) is 4.76. The summed E-state index contributed by atoms with van der Waals surface area (Å²) in [6, 6.07) is 12.6. The molecule has 2 aromatic rings. The maximum Gasteiger partial charge on any atom is 0.188 e. The molecule has 0 fully saturated rings. The van der Waals surface area contributed by atoms with Crippen molar-refractivity contribution in [1.29, 1.82) is 0 Å². The minimum atomic E-state index is -0.678. The third-order valence-electron chi connectivity index (χ3n) is 4.06. The highest BCUT2D eigenvalue weighted by atomic mass is 31.1. The monoisotopic (exact) mass is 376 g/mol.